The zero-order chi connectivity index (χ0) is 14.2. The first kappa shape index (κ1) is 13.3. The number of aromatic nitrogens is 2. The minimum Gasteiger partial charge on any atom is -0.481 e. The number of piperidine rings is 1. The molecule has 1 atom stereocenters. The molecule has 108 valence electrons. The summed E-state index contributed by atoms with van der Waals surface area (Å²) in [6.07, 6.45) is 4.90. The summed E-state index contributed by atoms with van der Waals surface area (Å²) in [5.74, 6) is 0.779. The fourth-order valence-corrected chi connectivity index (χ4v) is 3.19. The summed E-state index contributed by atoms with van der Waals surface area (Å²) in [6.45, 7) is 3.34. The molecule has 0 radical (unpaired) electrons. The topological polar surface area (TPSA) is 66.3 Å². The van der Waals surface area contributed by atoms with Crippen LogP contribution in [-0.4, -0.2) is 34.4 Å². The molecule has 2 fully saturated rings. The Labute approximate surface area is 119 Å². The van der Waals surface area contributed by atoms with Crippen LogP contribution in [0.5, 0.6) is 0 Å². The summed E-state index contributed by atoms with van der Waals surface area (Å²) in [6, 6.07) is 3.87. The molecule has 1 N–H and O–H groups in total. The minimum absolute atomic E-state index is 0.566. The minimum atomic E-state index is -0.644. The lowest BCUT2D eigenvalue weighted by molar-refractivity contribution is -0.150. The predicted octanol–water partition coefficient (Wildman–Crippen LogP) is 2.26. The Hall–Kier alpha value is -1.65. The fraction of sp³-hybridized carbons (Fsp3) is 0.667. The molecule has 1 aromatic rings. The van der Waals surface area contributed by atoms with Crippen molar-refractivity contribution in [1.82, 2.24) is 10.2 Å². The van der Waals surface area contributed by atoms with E-state index in [2.05, 4.69) is 15.1 Å². The SMILES string of the molecule is Cc1ccc(N2CCCC(CC3CC3)(C(=O)O)C2)nn1. The molecule has 1 aromatic heterocycles. The van der Waals surface area contributed by atoms with Gasteiger partial charge < -0.3 is 10.0 Å². The Morgan fingerprint density at radius 2 is 2.25 bits per heavy atom. The Kier molecular flexibility index (Phi) is 3.36. The number of carboxylic acid groups (broad SMARTS) is 1. The van der Waals surface area contributed by atoms with E-state index in [0.717, 1.165) is 37.3 Å². The van der Waals surface area contributed by atoms with E-state index in [-0.39, 0.29) is 0 Å². The second kappa shape index (κ2) is 5.04. The number of carbonyl (C=O) groups is 1. The number of carboxylic acids is 1. The summed E-state index contributed by atoms with van der Waals surface area (Å²) in [5, 5.41) is 18.0. The Morgan fingerprint density at radius 3 is 2.85 bits per heavy atom. The molecule has 3 rings (SSSR count). The van der Waals surface area contributed by atoms with Gasteiger partial charge in [0.15, 0.2) is 5.82 Å². The zero-order valence-corrected chi connectivity index (χ0v) is 11.9. The van der Waals surface area contributed by atoms with Gasteiger partial charge in [-0.3, -0.25) is 4.79 Å². The third kappa shape index (κ3) is 2.62. The van der Waals surface area contributed by atoms with Crippen LogP contribution in [0.25, 0.3) is 0 Å². The van der Waals surface area contributed by atoms with Crippen molar-refractivity contribution in [3.05, 3.63) is 17.8 Å². The lowest BCUT2D eigenvalue weighted by atomic mass is 9.75. The van der Waals surface area contributed by atoms with Crippen LogP contribution in [0, 0.1) is 18.3 Å². The van der Waals surface area contributed by atoms with Crippen molar-refractivity contribution in [2.75, 3.05) is 18.0 Å². The van der Waals surface area contributed by atoms with Gasteiger partial charge in [-0.05, 0) is 44.2 Å². The average molecular weight is 275 g/mol. The Bertz CT molecular complexity index is 498. The zero-order valence-electron chi connectivity index (χ0n) is 11.9. The van der Waals surface area contributed by atoms with Crippen LogP contribution in [0.3, 0.4) is 0 Å². The number of anilines is 1. The molecule has 0 spiro atoms. The van der Waals surface area contributed by atoms with E-state index in [4.69, 9.17) is 0 Å². The molecular formula is C15H21N3O2. The Balaban J connectivity index is 1.79. The van der Waals surface area contributed by atoms with Crippen molar-refractivity contribution in [3.63, 3.8) is 0 Å². The largest absolute Gasteiger partial charge is 0.481 e. The summed E-state index contributed by atoms with van der Waals surface area (Å²) in [5.41, 5.74) is 0.291. The van der Waals surface area contributed by atoms with Gasteiger partial charge in [-0.25, -0.2) is 0 Å². The first-order chi connectivity index (χ1) is 9.59. The highest BCUT2D eigenvalue weighted by Gasteiger charge is 2.46. The van der Waals surface area contributed by atoms with Gasteiger partial charge in [0.25, 0.3) is 0 Å². The second-order valence-corrected chi connectivity index (χ2v) is 6.29. The average Bonchev–Trinajstić information content (AvgIpc) is 3.23. The molecule has 1 aliphatic heterocycles. The lowest BCUT2D eigenvalue weighted by Gasteiger charge is -2.40. The van der Waals surface area contributed by atoms with E-state index in [1.807, 2.05) is 19.1 Å². The lowest BCUT2D eigenvalue weighted by Crippen LogP contribution is -2.48. The van der Waals surface area contributed by atoms with Crippen LogP contribution in [0.1, 0.15) is 37.8 Å². The number of aryl methyl sites for hydroxylation is 1. The smallest absolute Gasteiger partial charge is 0.311 e. The number of hydrogen-bond donors (Lipinski definition) is 1. The fourth-order valence-electron chi connectivity index (χ4n) is 3.19. The van der Waals surface area contributed by atoms with E-state index >= 15 is 0 Å². The van der Waals surface area contributed by atoms with Crippen molar-refractivity contribution in [3.8, 4) is 0 Å². The highest BCUT2D eigenvalue weighted by Crippen LogP contribution is 2.45. The van der Waals surface area contributed by atoms with Crippen LogP contribution in [0.15, 0.2) is 12.1 Å². The van der Waals surface area contributed by atoms with E-state index in [1.54, 1.807) is 0 Å². The summed E-state index contributed by atoms with van der Waals surface area (Å²) in [7, 11) is 0. The van der Waals surface area contributed by atoms with Crippen molar-refractivity contribution in [2.45, 2.75) is 39.0 Å². The molecular weight excluding hydrogens is 254 g/mol. The maximum absolute atomic E-state index is 11.8. The monoisotopic (exact) mass is 275 g/mol. The van der Waals surface area contributed by atoms with Gasteiger partial charge >= 0.3 is 5.97 Å². The van der Waals surface area contributed by atoms with Crippen molar-refractivity contribution in [2.24, 2.45) is 11.3 Å². The molecule has 0 aromatic carbocycles. The second-order valence-electron chi connectivity index (χ2n) is 6.29. The molecule has 5 heteroatoms. The Morgan fingerprint density at radius 1 is 1.45 bits per heavy atom. The van der Waals surface area contributed by atoms with Crippen LogP contribution < -0.4 is 4.90 Å². The van der Waals surface area contributed by atoms with Gasteiger partial charge in [-0.1, -0.05) is 12.8 Å². The highest BCUT2D eigenvalue weighted by atomic mass is 16.4. The third-order valence-electron chi connectivity index (χ3n) is 4.51. The summed E-state index contributed by atoms with van der Waals surface area (Å²) < 4.78 is 0. The molecule has 0 bridgehead atoms. The summed E-state index contributed by atoms with van der Waals surface area (Å²) in [4.78, 5) is 13.9. The van der Waals surface area contributed by atoms with Crippen molar-refractivity contribution in [1.29, 1.82) is 0 Å². The van der Waals surface area contributed by atoms with E-state index < -0.39 is 11.4 Å². The molecule has 1 saturated heterocycles. The quantitative estimate of drug-likeness (QED) is 0.913. The van der Waals surface area contributed by atoms with E-state index in [1.165, 1.54) is 12.8 Å². The van der Waals surface area contributed by atoms with Gasteiger partial charge in [0, 0.05) is 13.1 Å². The molecule has 2 aliphatic rings. The molecule has 1 unspecified atom stereocenters. The normalized spacial score (nSPS) is 26.6. The molecule has 2 heterocycles. The molecule has 1 saturated carbocycles. The van der Waals surface area contributed by atoms with E-state index in [0.29, 0.717) is 12.5 Å². The molecule has 5 nitrogen and oxygen atoms in total. The standard InChI is InChI=1S/C15H21N3O2/c1-11-3-6-13(17-16-11)18-8-2-7-15(10-18,14(19)20)9-12-4-5-12/h3,6,12H,2,4-5,7-10H2,1H3,(H,19,20). The van der Waals surface area contributed by atoms with Crippen LogP contribution in [-0.2, 0) is 4.79 Å². The highest BCUT2D eigenvalue weighted by molar-refractivity contribution is 5.76. The maximum atomic E-state index is 11.8. The summed E-state index contributed by atoms with van der Waals surface area (Å²) >= 11 is 0. The van der Waals surface area contributed by atoms with Crippen LogP contribution in [0.2, 0.25) is 0 Å². The van der Waals surface area contributed by atoms with Gasteiger partial charge in [0.1, 0.15) is 0 Å². The molecule has 1 aliphatic carbocycles. The van der Waals surface area contributed by atoms with Gasteiger partial charge in [0.05, 0.1) is 11.1 Å². The first-order valence-electron chi connectivity index (χ1n) is 7.38. The number of nitrogens with zero attached hydrogens (tertiary/aromatic N) is 3. The number of rotatable bonds is 4. The first-order valence-corrected chi connectivity index (χ1v) is 7.38. The molecule has 20 heavy (non-hydrogen) atoms. The van der Waals surface area contributed by atoms with Gasteiger partial charge in [-0.2, -0.15) is 5.10 Å². The van der Waals surface area contributed by atoms with Gasteiger partial charge in [-0.15, -0.1) is 5.10 Å². The molecule has 0 amide bonds. The van der Waals surface area contributed by atoms with Gasteiger partial charge in [0.2, 0.25) is 0 Å². The van der Waals surface area contributed by atoms with Crippen LogP contribution >= 0.6 is 0 Å². The predicted molar refractivity (Wildman–Crippen MR) is 75.6 cm³/mol. The van der Waals surface area contributed by atoms with E-state index in [9.17, 15) is 9.90 Å². The van der Waals surface area contributed by atoms with Crippen molar-refractivity contribution < 1.29 is 9.90 Å². The number of aliphatic carboxylic acids is 1. The number of hydrogen-bond acceptors (Lipinski definition) is 4. The van der Waals surface area contributed by atoms with Crippen LogP contribution in [0.4, 0.5) is 5.82 Å². The van der Waals surface area contributed by atoms with Crippen molar-refractivity contribution >= 4 is 11.8 Å². The third-order valence-corrected chi connectivity index (χ3v) is 4.51. The maximum Gasteiger partial charge on any atom is 0.311 e.